The quantitative estimate of drug-likeness (QED) is 0.0883. The molecule has 4 aromatic carbocycles. The lowest BCUT2D eigenvalue weighted by Gasteiger charge is -2.42. The zero-order chi connectivity index (χ0) is 55.8. The van der Waals surface area contributed by atoms with E-state index in [1.165, 1.54) is 74.3 Å². The van der Waals surface area contributed by atoms with Gasteiger partial charge in [-0.25, -0.2) is 9.18 Å². The molecule has 2 amide bonds. The Morgan fingerprint density at radius 3 is 2.39 bits per heavy atom. The number of carbonyl (C=O) groups excluding carboxylic acids is 2. The number of anilines is 5. The van der Waals surface area contributed by atoms with E-state index in [2.05, 4.69) is 88.4 Å². The van der Waals surface area contributed by atoms with E-state index < -0.39 is 22.6 Å². The van der Waals surface area contributed by atoms with Crippen molar-refractivity contribution in [3.63, 3.8) is 0 Å². The monoisotopic (exact) mass is 1180 g/mol. The minimum Gasteiger partial charge on any atom is -0.462 e. The van der Waals surface area contributed by atoms with Gasteiger partial charge >= 0.3 is 11.7 Å². The first-order valence-corrected chi connectivity index (χ1v) is 27.6. The van der Waals surface area contributed by atoms with Gasteiger partial charge in [0.25, 0.3) is 11.1 Å². The number of hydrogen-bond donors (Lipinski definition) is 2. The molecule has 20 heteroatoms. The predicted octanol–water partition coefficient (Wildman–Crippen LogP) is 8.03. The number of pyridine rings is 1. The van der Waals surface area contributed by atoms with Crippen molar-refractivity contribution in [2.24, 2.45) is 7.05 Å². The van der Waals surface area contributed by atoms with Crippen LogP contribution >= 0.6 is 22.6 Å². The smallest absolute Gasteiger partial charge is 0.336 e. The van der Waals surface area contributed by atoms with E-state index in [0.29, 0.717) is 72.6 Å². The number of aromatic nitrogens is 5. The van der Waals surface area contributed by atoms with Crippen molar-refractivity contribution in [2.75, 3.05) is 66.8 Å². The molecule has 1 aliphatic carbocycles. The van der Waals surface area contributed by atoms with Crippen LogP contribution in [0.25, 0.3) is 27.4 Å². The highest BCUT2D eigenvalue weighted by Crippen LogP contribution is 2.37. The molecule has 2 saturated heterocycles. The molecule has 6 heterocycles. The molecule has 79 heavy (non-hydrogen) atoms. The van der Waals surface area contributed by atoms with E-state index >= 15 is 0 Å². The van der Waals surface area contributed by atoms with Crippen LogP contribution in [0.15, 0.2) is 106 Å². The average Bonchev–Trinajstić information content (AvgIpc) is 4.35. The Labute approximate surface area is 469 Å². The first-order chi connectivity index (χ1) is 38.0. The topological polar surface area (TPSA) is 196 Å². The van der Waals surface area contributed by atoms with Gasteiger partial charge in [-0.1, -0.05) is 43.0 Å². The maximum Gasteiger partial charge on any atom is 0.336 e. The molecule has 3 aromatic heterocycles. The Kier molecular flexibility index (Phi) is 15.7. The van der Waals surface area contributed by atoms with E-state index in [4.69, 9.17) is 14.7 Å². The number of rotatable bonds is 12. The van der Waals surface area contributed by atoms with Crippen LogP contribution in [0.5, 0.6) is 6.01 Å². The second-order valence-electron chi connectivity index (χ2n) is 20.7. The van der Waals surface area contributed by atoms with Crippen LogP contribution < -0.4 is 42.0 Å². The van der Waals surface area contributed by atoms with Crippen LogP contribution in [0.1, 0.15) is 67.5 Å². The molecule has 2 unspecified atom stereocenters. The van der Waals surface area contributed by atoms with Crippen molar-refractivity contribution < 1.29 is 18.7 Å². The highest BCUT2D eigenvalue weighted by atomic mass is 127. The van der Waals surface area contributed by atoms with Crippen LogP contribution in [0.3, 0.4) is 0 Å². The zero-order valence-corrected chi connectivity index (χ0v) is 47.0. The Morgan fingerprint density at radius 2 is 1.68 bits per heavy atom. The van der Waals surface area contributed by atoms with Crippen LogP contribution in [-0.4, -0.2) is 104 Å². The molecule has 2 atom stereocenters. The summed E-state index contributed by atoms with van der Waals surface area (Å²) in [5.41, 5.74) is 4.24. The molecule has 18 nitrogen and oxygen atoms in total. The van der Waals surface area contributed by atoms with Gasteiger partial charge in [-0.15, -0.1) is 0 Å². The van der Waals surface area contributed by atoms with E-state index in [9.17, 15) is 33.6 Å². The van der Waals surface area contributed by atoms with Gasteiger partial charge in [0.1, 0.15) is 29.4 Å². The highest BCUT2D eigenvalue weighted by molar-refractivity contribution is 14.1. The molecule has 4 aliphatic rings. The molecular weight excluding hydrogens is 1120 g/mol. The second kappa shape index (κ2) is 22.8. The molecule has 3 fully saturated rings. The number of nitrogens with zero attached hydrogens (tertiary/aromatic N) is 10. The molecule has 0 bridgehead atoms. The summed E-state index contributed by atoms with van der Waals surface area (Å²) in [5, 5.41) is 17.8. The summed E-state index contributed by atoms with van der Waals surface area (Å²) in [6.45, 7) is 13.6. The van der Waals surface area contributed by atoms with Gasteiger partial charge in [0.05, 0.1) is 47.7 Å². The van der Waals surface area contributed by atoms with Gasteiger partial charge < -0.3 is 35.0 Å². The van der Waals surface area contributed by atoms with Gasteiger partial charge in [0, 0.05) is 83.7 Å². The van der Waals surface area contributed by atoms with Gasteiger partial charge in [0.2, 0.25) is 11.8 Å². The fourth-order valence-electron chi connectivity index (χ4n) is 11.3. The van der Waals surface area contributed by atoms with Crippen molar-refractivity contribution in [2.45, 2.75) is 84.0 Å². The van der Waals surface area contributed by atoms with Crippen molar-refractivity contribution in [1.82, 2.24) is 33.5 Å². The highest BCUT2D eigenvalue weighted by Gasteiger charge is 2.35. The molecule has 2 N–H and O–H groups in total. The number of benzene rings is 4. The van der Waals surface area contributed by atoms with Crippen molar-refractivity contribution in [3.8, 4) is 17.8 Å². The molecule has 11 rings (SSSR count). The zero-order valence-electron chi connectivity index (χ0n) is 44.9. The third-order valence-electron chi connectivity index (χ3n) is 15.5. The van der Waals surface area contributed by atoms with E-state index in [1.807, 2.05) is 22.6 Å². The summed E-state index contributed by atoms with van der Waals surface area (Å²) >= 11 is 1.99. The minimum atomic E-state index is -0.581. The number of halogens is 2. The van der Waals surface area contributed by atoms with Gasteiger partial charge in [-0.05, 0) is 142 Å². The summed E-state index contributed by atoms with van der Waals surface area (Å²) in [6.07, 6.45) is 6.02. The number of aryl methyl sites for hydroxylation is 2. The molecular formula is C59H62FIN12O6. The number of likely N-dealkylation sites (tertiary alicyclic amines) is 1. The van der Waals surface area contributed by atoms with E-state index in [0.717, 1.165) is 43.0 Å². The number of likely N-dealkylation sites (N-methyl/N-ethyl adjacent to an activating group) is 1. The lowest BCUT2D eigenvalue weighted by atomic mass is 9.99. The van der Waals surface area contributed by atoms with Gasteiger partial charge in [-0.3, -0.25) is 32.9 Å². The lowest BCUT2D eigenvalue weighted by molar-refractivity contribution is -0.128. The fourth-order valence-corrected chi connectivity index (χ4v) is 11.7. The Balaban J connectivity index is 0.000000180. The van der Waals surface area contributed by atoms with Crippen LogP contribution in [0.2, 0.25) is 0 Å². The summed E-state index contributed by atoms with van der Waals surface area (Å²) in [5.74, 6) is -0.0142. The second-order valence-corrected chi connectivity index (χ2v) is 22.0. The number of nitriles is 1. The minimum absolute atomic E-state index is 0.0804. The molecule has 0 radical (unpaired) electrons. The maximum atomic E-state index is 14.8. The summed E-state index contributed by atoms with van der Waals surface area (Å²) < 4.78 is 25.6. The largest absolute Gasteiger partial charge is 0.462 e. The number of ether oxygens (including phenoxy) is 1. The lowest BCUT2D eigenvalue weighted by Crippen LogP contribution is -2.55. The van der Waals surface area contributed by atoms with Crippen molar-refractivity contribution in [1.29, 1.82) is 5.26 Å². The number of nitrogens with one attached hydrogen (secondary N) is 2. The van der Waals surface area contributed by atoms with Crippen LogP contribution in [0.4, 0.5) is 33.1 Å². The SMILES string of the molecule is C=CC(=O)N1CCN(c2nc(OCC3CCCN3C)nc3c2CCN(c2cccc4cccc(C)c24)C3)CC1CC#N.CC(=O)Nc1cccc(-n2c(=O)n(C3CC3)c(=O)c3c(Nc4ccc(I)cc4F)n(C)c(=O)c(C)c32)c1. The average molecular weight is 1180 g/mol. The number of amides is 2. The van der Waals surface area contributed by atoms with Crippen LogP contribution in [0, 0.1) is 34.6 Å². The fraction of sp³-hybridized carbons (Fsp3) is 0.356. The Bertz CT molecular complexity index is 3810. The number of carbonyl (C=O) groups is 2. The molecule has 1 saturated carbocycles. The number of piperazine rings is 1. The maximum absolute atomic E-state index is 14.8. The number of hydrogen-bond acceptors (Lipinski definition) is 13. The first kappa shape index (κ1) is 54.5. The van der Waals surface area contributed by atoms with E-state index in [-0.39, 0.29) is 58.3 Å². The van der Waals surface area contributed by atoms with Gasteiger partial charge in [-0.2, -0.15) is 15.2 Å². The number of fused-ring (bicyclic) bond motifs is 3. The van der Waals surface area contributed by atoms with Crippen molar-refractivity contribution >= 4 is 84.8 Å². The Morgan fingerprint density at radius 1 is 0.911 bits per heavy atom. The standard InChI is InChI=1S/C33H39N7O2.C26H23FIN5O4/c1-4-30(41)40-19-18-39(20-25(40)13-15-34)32-27-14-17-38(29-12-6-10-24-9-5-8-23(2)31(24)29)21-28(27)35-33(36-32)42-22-26-11-7-16-37(26)3;1-13-22-21(23(31(3)24(13)35)30-20-10-7-15(28)11-19(20)27)25(36)33(17-8-9-17)26(37)32(22)18-6-4-5-16(12-18)29-14(2)34/h4-6,8-10,12,25-26H,1,7,11,13-14,16-22H2,2-3H3;4-7,10-12,17,30H,8-9H2,1-3H3,(H,29,34). The molecule has 0 spiro atoms. The Hall–Kier alpha value is -7.90. The molecule has 408 valence electrons. The summed E-state index contributed by atoms with van der Waals surface area (Å²) in [6, 6.07) is 26.7. The summed E-state index contributed by atoms with van der Waals surface area (Å²) in [4.78, 5) is 83.8. The third kappa shape index (κ3) is 11.0. The molecule has 3 aliphatic heterocycles. The van der Waals surface area contributed by atoms with Crippen molar-refractivity contribution in [3.05, 3.63) is 154 Å². The molecule has 7 aromatic rings. The first-order valence-electron chi connectivity index (χ1n) is 26.6. The van der Waals surface area contributed by atoms with Crippen LogP contribution in [-0.2, 0) is 29.6 Å². The summed E-state index contributed by atoms with van der Waals surface area (Å²) in [7, 11) is 3.64. The third-order valence-corrected chi connectivity index (χ3v) is 16.1. The van der Waals surface area contributed by atoms with Gasteiger partial charge in [0.15, 0.2) is 0 Å². The predicted molar refractivity (Wildman–Crippen MR) is 314 cm³/mol. The van der Waals surface area contributed by atoms with E-state index in [1.54, 1.807) is 42.2 Å². The normalized spacial score (nSPS) is 17.2.